The Morgan fingerprint density at radius 1 is 1.42 bits per heavy atom. The van der Waals surface area contributed by atoms with Crippen LogP contribution in [0, 0.1) is 12.8 Å². The zero-order valence-electron chi connectivity index (χ0n) is 14.4. The molecule has 0 radical (unpaired) electrons. The van der Waals surface area contributed by atoms with Crippen molar-refractivity contribution in [2.75, 3.05) is 25.0 Å². The van der Waals surface area contributed by atoms with Crippen LogP contribution >= 0.6 is 0 Å². The topological polar surface area (TPSA) is 74.3 Å². The Morgan fingerprint density at radius 3 is 2.71 bits per heavy atom. The summed E-state index contributed by atoms with van der Waals surface area (Å²) in [6.45, 7) is 9.41. The average molecular weight is 330 g/mol. The van der Waals surface area contributed by atoms with Gasteiger partial charge in [0.15, 0.2) is 0 Å². The fraction of sp³-hybridized carbons (Fsp3) is 0.500. The summed E-state index contributed by atoms with van der Waals surface area (Å²) in [5.41, 5.74) is 1.06. The lowest BCUT2D eigenvalue weighted by atomic mass is 9.95. The maximum atomic E-state index is 12.3. The number of hydrogen-bond donors (Lipinski definition) is 2. The van der Waals surface area contributed by atoms with Gasteiger partial charge in [-0.05, 0) is 51.4 Å². The highest BCUT2D eigenvalue weighted by Crippen LogP contribution is 2.20. The number of pyridine rings is 1. The van der Waals surface area contributed by atoms with Crippen LogP contribution in [0.25, 0.3) is 0 Å². The van der Waals surface area contributed by atoms with E-state index in [1.165, 1.54) is 0 Å². The molecule has 0 aromatic carbocycles. The maximum Gasteiger partial charge on any atom is 0.237 e. The number of nitrogens with zero attached hydrogens (tertiary/aromatic N) is 2. The molecule has 2 N–H and O–H groups in total. The number of carbonyl (C=O) groups excluding carboxylic acids is 2. The summed E-state index contributed by atoms with van der Waals surface area (Å²) in [4.78, 5) is 30.7. The molecular formula is C18H26N4O2. The first-order valence-corrected chi connectivity index (χ1v) is 8.37. The Kier molecular flexibility index (Phi) is 6.49. The van der Waals surface area contributed by atoms with Gasteiger partial charge in [0.25, 0.3) is 0 Å². The van der Waals surface area contributed by atoms with E-state index in [9.17, 15) is 9.59 Å². The van der Waals surface area contributed by atoms with E-state index in [1.54, 1.807) is 12.3 Å². The smallest absolute Gasteiger partial charge is 0.237 e. The summed E-state index contributed by atoms with van der Waals surface area (Å²) in [5.74, 6) is 0.564. The van der Waals surface area contributed by atoms with E-state index >= 15 is 0 Å². The molecule has 2 heterocycles. The largest absolute Gasteiger partial charge is 0.351 e. The normalized spacial score (nSPS) is 17.1. The first kappa shape index (κ1) is 18.1. The zero-order valence-corrected chi connectivity index (χ0v) is 14.4. The van der Waals surface area contributed by atoms with Gasteiger partial charge in [-0.3, -0.25) is 14.5 Å². The Bertz CT molecular complexity index is 577. The van der Waals surface area contributed by atoms with Gasteiger partial charge >= 0.3 is 0 Å². The number of amides is 2. The van der Waals surface area contributed by atoms with Crippen molar-refractivity contribution >= 4 is 17.6 Å². The van der Waals surface area contributed by atoms with Crippen LogP contribution in [0.3, 0.4) is 0 Å². The number of rotatable bonds is 6. The third-order valence-corrected chi connectivity index (χ3v) is 4.41. The quantitative estimate of drug-likeness (QED) is 0.779. The van der Waals surface area contributed by atoms with Gasteiger partial charge < -0.3 is 10.6 Å². The minimum absolute atomic E-state index is 0.00153. The second-order valence-corrected chi connectivity index (χ2v) is 6.23. The van der Waals surface area contributed by atoms with Gasteiger partial charge in [0.2, 0.25) is 11.8 Å². The van der Waals surface area contributed by atoms with Crippen LogP contribution < -0.4 is 10.6 Å². The van der Waals surface area contributed by atoms with Crippen molar-refractivity contribution in [1.82, 2.24) is 15.2 Å². The third-order valence-electron chi connectivity index (χ3n) is 4.41. The summed E-state index contributed by atoms with van der Waals surface area (Å²) in [6, 6.07) is 3.55. The molecule has 1 saturated heterocycles. The molecule has 0 aliphatic carbocycles. The van der Waals surface area contributed by atoms with Crippen molar-refractivity contribution in [3.63, 3.8) is 0 Å². The maximum absolute atomic E-state index is 12.3. The molecule has 1 aliphatic heterocycles. The van der Waals surface area contributed by atoms with Gasteiger partial charge in [-0.15, -0.1) is 6.58 Å². The second kappa shape index (κ2) is 8.59. The van der Waals surface area contributed by atoms with Crippen molar-refractivity contribution in [2.45, 2.75) is 32.7 Å². The number of hydrogen-bond acceptors (Lipinski definition) is 4. The second-order valence-electron chi connectivity index (χ2n) is 6.23. The molecule has 6 nitrogen and oxygen atoms in total. The fourth-order valence-electron chi connectivity index (χ4n) is 2.81. The molecule has 1 fully saturated rings. The number of aryl methyl sites for hydroxylation is 1. The van der Waals surface area contributed by atoms with Crippen molar-refractivity contribution in [1.29, 1.82) is 0 Å². The van der Waals surface area contributed by atoms with Crippen LogP contribution in [0.1, 0.15) is 25.3 Å². The number of carbonyl (C=O) groups is 2. The van der Waals surface area contributed by atoms with Crippen LogP contribution in [0.4, 0.5) is 5.82 Å². The Labute approximate surface area is 143 Å². The van der Waals surface area contributed by atoms with Gasteiger partial charge in [-0.2, -0.15) is 0 Å². The van der Waals surface area contributed by atoms with E-state index < -0.39 is 0 Å². The van der Waals surface area contributed by atoms with E-state index in [4.69, 9.17) is 0 Å². The summed E-state index contributed by atoms with van der Waals surface area (Å²) in [7, 11) is 0. The van der Waals surface area contributed by atoms with Gasteiger partial charge in [-0.1, -0.05) is 12.1 Å². The lowest BCUT2D eigenvalue weighted by Crippen LogP contribution is -2.49. The van der Waals surface area contributed by atoms with Gasteiger partial charge in [0, 0.05) is 18.7 Å². The number of nitrogens with one attached hydrogen (secondary N) is 2. The molecule has 0 bridgehead atoms. The van der Waals surface area contributed by atoms with Gasteiger partial charge in [0.1, 0.15) is 5.82 Å². The monoisotopic (exact) mass is 330 g/mol. The molecule has 2 rings (SSSR count). The molecule has 130 valence electrons. The fourth-order valence-corrected chi connectivity index (χ4v) is 2.81. The van der Waals surface area contributed by atoms with E-state index in [1.807, 2.05) is 26.0 Å². The third kappa shape index (κ3) is 4.89. The number of piperidine rings is 1. The predicted molar refractivity (Wildman–Crippen MR) is 94.6 cm³/mol. The summed E-state index contributed by atoms with van der Waals surface area (Å²) in [6.07, 6.45) is 4.90. The van der Waals surface area contributed by atoms with Gasteiger partial charge in [-0.25, -0.2) is 4.98 Å². The van der Waals surface area contributed by atoms with Crippen LogP contribution in [-0.4, -0.2) is 47.4 Å². The molecule has 2 amide bonds. The van der Waals surface area contributed by atoms with Crippen LogP contribution in [-0.2, 0) is 9.59 Å². The molecule has 0 saturated carbocycles. The molecule has 1 unspecified atom stereocenters. The lowest BCUT2D eigenvalue weighted by Gasteiger charge is -2.34. The molecule has 0 spiro atoms. The molecule has 6 heteroatoms. The Hall–Kier alpha value is -2.21. The van der Waals surface area contributed by atoms with Crippen molar-refractivity contribution in [3.05, 3.63) is 36.5 Å². The average Bonchev–Trinajstić information content (AvgIpc) is 2.61. The SMILES string of the molecule is C=CCNC(=O)C(C)N1CCC(C(=O)Nc2ccc(C)cn2)CC1. The first-order chi connectivity index (χ1) is 11.5. The summed E-state index contributed by atoms with van der Waals surface area (Å²) in [5, 5.41) is 5.69. The molecule has 24 heavy (non-hydrogen) atoms. The standard InChI is InChI=1S/C18H26N4O2/c1-4-9-19-17(23)14(3)22-10-7-15(8-11-22)18(24)21-16-6-5-13(2)12-20-16/h4-6,12,14-15H,1,7-11H2,2-3H3,(H,19,23)(H,20,21,24). The highest BCUT2D eigenvalue weighted by Gasteiger charge is 2.29. The van der Waals surface area contributed by atoms with E-state index in [0.29, 0.717) is 12.4 Å². The first-order valence-electron chi connectivity index (χ1n) is 8.37. The lowest BCUT2D eigenvalue weighted by molar-refractivity contribution is -0.126. The highest BCUT2D eigenvalue weighted by molar-refractivity contribution is 5.91. The summed E-state index contributed by atoms with van der Waals surface area (Å²) < 4.78 is 0. The number of aromatic nitrogens is 1. The number of likely N-dealkylation sites (tertiary alicyclic amines) is 1. The minimum Gasteiger partial charge on any atom is -0.351 e. The molecule has 1 aromatic rings. The molecule has 1 aliphatic rings. The van der Waals surface area contributed by atoms with Crippen molar-refractivity contribution in [3.8, 4) is 0 Å². The Morgan fingerprint density at radius 2 is 2.12 bits per heavy atom. The van der Waals surface area contributed by atoms with Crippen LogP contribution in [0.2, 0.25) is 0 Å². The van der Waals surface area contributed by atoms with Crippen molar-refractivity contribution in [2.24, 2.45) is 5.92 Å². The van der Waals surface area contributed by atoms with E-state index in [-0.39, 0.29) is 23.8 Å². The van der Waals surface area contributed by atoms with Crippen LogP contribution in [0.15, 0.2) is 31.0 Å². The zero-order chi connectivity index (χ0) is 17.5. The molecule has 1 aromatic heterocycles. The highest BCUT2D eigenvalue weighted by atomic mass is 16.2. The van der Waals surface area contributed by atoms with E-state index in [2.05, 4.69) is 27.1 Å². The molecular weight excluding hydrogens is 304 g/mol. The van der Waals surface area contributed by atoms with Crippen molar-refractivity contribution < 1.29 is 9.59 Å². The predicted octanol–water partition coefficient (Wildman–Crippen LogP) is 1.73. The number of anilines is 1. The Balaban J connectivity index is 1.81. The van der Waals surface area contributed by atoms with Gasteiger partial charge in [0.05, 0.1) is 6.04 Å². The van der Waals surface area contributed by atoms with Crippen LogP contribution in [0.5, 0.6) is 0 Å². The summed E-state index contributed by atoms with van der Waals surface area (Å²) >= 11 is 0. The van der Waals surface area contributed by atoms with E-state index in [0.717, 1.165) is 31.5 Å². The minimum atomic E-state index is -0.187. The molecule has 1 atom stereocenters.